The van der Waals surface area contributed by atoms with E-state index < -0.39 is 0 Å². The zero-order valence-electron chi connectivity index (χ0n) is 8.43. The Balaban J connectivity index is 2.14. The maximum absolute atomic E-state index is 8.89. The Kier molecular flexibility index (Phi) is 3.39. The molecule has 3 nitrogen and oxygen atoms in total. The fraction of sp³-hybridized carbons (Fsp3) is 0.0833. The summed E-state index contributed by atoms with van der Waals surface area (Å²) in [6, 6.07) is 10.6. The molecule has 1 aromatic heterocycles. The second-order valence-electron chi connectivity index (χ2n) is 3.22. The largest absolute Gasteiger partial charge is 0.457 e. The fourth-order valence-corrected chi connectivity index (χ4v) is 1.41. The molecule has 82 valence electrons. The highest BCUT2D eigenvalue weighted by molar-refractivity contribution is 6.29. The van der Waals surface area contributed by atoms with E-state index in [1.54, 1.807) is 42.6 Å². The molecule has 2 rings (SSSR count). The van der Waals surface area contributed by atoms with E-state index in [9.17, 15) is 0 Å². The molecule has 1 heterocycles. The third kappa shape index (κ3) is 2.72. The summed E-state index contributed by atoms with van der Waals surface area (Å²) in [6.07, 6.45) is 1.58. The van der Waals surface area contributed by atoms with Crippen molar-refractivity contribution in [3.63, 3.8) is 0 Å². The molecule has 0 fully saturated rings. The monoisotopic (exact) mass is 235 g/mol. The van der Waals surface area contributed by atoms with Gasteiger partial charge in [-0.05, 0) is 23.8 Å². The molecule has 0 saturated heterocycles. The van der Waals surface area contributed by atoms with Gasteiger partial charge >= 0.3 is 0 Å². The van der Waals surface area contributed by atoms with Gasteiger partial charge in [-0.25, -0.2) is 4.98 Å². The summed E-state index contributed by atoms with van der Waals surface area (Å²) in [4.78, 5) is 3.86. The van der Waals surface area contributed by atoms with Crippen molar-refractivity contribution in [2.75, 3.05) is 0 Å². The Morgan fingerprint density at radius 2 is 1.88 bits per heavy atom. The van der Waals surface area contributed by atoms with Crippen molar-refractivity contribution in [3.8, 4) is 11.5 Å². The first-order valence-electron chi connectivity index (χ1n) is 4.77. The van der Waals surface area contributed by atoms with Gasteiger partial charge in [0.15, 0.2) is 0 Å². The molecule has 0 spiro atoms. The average Bonchev–Trinajstić information content (AvgIpc) is 2.30. The number of aromatic nitrogens is 1. The SMILES string of the molecule is OCc1ccc(Oc2ccnc(Cl)c2)cc1. The number of halogens is 1. The van der Waals surface area contributed by atoms with E-state index in [4.69, 9.17) is 21.4 Å². The molecule has 0 aliphatic heterocycles. The Labute approximate surface area is 98.3 Å². The van der Waals surface area contributed by atoms with Crippen molar-refractivity contribution >= 4 is 11.6 Å². The van der Waals surface area contributed by atoms with Crippen LogP contribution in [0, 0.1) is 0 Å². The Bertz CT molecular complexity index is 471. The summed E-state index contributed by atoms with van der Waals surface area (Å²) in [5, 5.41) is 9.28. The fourth-order valence-electron chi connectivity index (χ4n) is 1.25. The number of aliphatic hydroxyl groups excluding tert-OH is 1. The molecule has 0 radical (unpaired) electrons. The molecular weight excluding hydrogens is 226 g/mol. The van der Waals surface area contributed by atoms with Gasteiger partial charge in [-0.2, -0.15) is 0 Å². The molecule has 0 atom stereocenters. The normalized spacial score (nSPS) is 10.1. The number of nitrogens with zero attached hydrogens (tertiary/aromatic N) is 1. The summed E-state index contributed by atoms with van der Waals surface area (Å²) >= 11 is 5.73. The third-order valence-corrected chi connectivity index (χ3v) is 2.25. The number of pyridine rings is 1. The Morgan fingerprint density at radius 3 is 2.50 bits per heavy atom. The van der Waals surface area contributed by atoms with Gasteiger partial charge in [0.1, 0.15) is 16.7 Å². The molecule has 2 aromatic rings. The van der Waals surface area contributed by atoms with E-state index in [2.05, 4.69) is 4.98 Å². The van der Waals surface area contributed by atoms with Crippen LogP contribution in [-0.2, 0) is 6.61 Å². The van der Waals surface area contributed by atoms with Crippen molar-refractivity contribution in [1.29, 1.82) is 0 Å². The van der Waals surface area contributed by atoms with Crippen LogP contribution in [0.25, 0.3) is 0 Å². The van der Waals surface area contributed by atoms with Crippen molar-refractivity contribution in [2.24, 2.45) is 0 Å². The van der Waals surface area contributed by atoms with E-state index in [1.165, 1.54) is 0 Å². The van der Waals surface area contributed by atoms with Gasteiger partial charge in [0.25, 0.3) is 0 Å². The lowest BCUT2D eigenvalue weighted by Crippen LogP contribution is -1.86. The zero-order chi connectivity index (χ0) is 11.4. The van der Waals surface area contributed by atoms with Crippen LogP contribution < -0.4 is 4.74 Å². The molecule has 1 N–H and O–H groups in total. The Hall–Kier alpha value is -1.58. The van der Waals surface area contributed by atoms with Crippen LogP contribution in [0.15, 0.2) is 42.6 Å². The van der Waals surface area contributed by atoms with E-state index in [-0.39, 0.29) is 6.61 Å². The second-order valence-corrected chi connectivity index (χ2v) is 3.61. The first-order valence-corrected chi connectivity index (χ1v) is 5.15. The minimum atomic E-state index is 0.0291. The van der Waals surface area contributed by atoms with Crippen LogP contribution >= 0.6 is 11.6 Å². The third-order valence-electron chi connectivity index (χ3n) is 2.04. The number of aliphatic hydroxyl groups is 1. The molecule has 0 aliphatic carbocycles. The lowest BCUT2D eigenvalue weighted by Gasteiger charge is -2.05. The van der Waals surface area contributed by atoms with Crippen LogP contribution in [0.5, 0.6) is 11.5 Å². The zero-order valence-corrected chi connectivity index (χ0v) is 9.19. The first kappa shape index (κ1) is 10.9. The molecule has 0 aliphatic rings. The van der Waals surface area contributed by atoms with Gasteiger partial charge in [-0.3, -0.25) is 0 Å². The lowest BCUT2D eigenvalue weighted by atomic mass is 10.2. The number of benzene rings is 1. The minimum Gasteiger partial charge on any atom is -0.457 e. The van der Waals surface area contributed by atoms with Crippen molar-refractivity contribution < 1.29 is 9.84 Å². The molecule has 0 amide bonds. The predicted octanol–water partition coefficient (Wildman–Crippen LogP) is 3.02. The molecule has 1 aromatic carbocycles. The summed E-state index contributed by atoms with van der Waals surface area (Å²) in [5.74, 6) is 1.33. The van der Waals surface area contributed by atoms with Crippen LogP contribution in [-0.4, -0.2) is 10.1 Å². The van der Waals surface area contributed by atoms with E-state index >= 15 is 0 Å². The molecular formula is C12H10ClNO2. The molecule has 0 bridgehead atoms. The predicted molar refractivity (Wildman–Crippen MR) is 61.7 cm³/mol. The van der Waals surface area contributed by atoms with Gasteiger partial charge in [-0.1, -0.05) is 23.7 Å². The van der Waals surface area contributed by atoms with Crippen LogP contribution in [0.3, 0.4) is 0 Å². The van der Waals surface area contributed by atoms with Gasteiger partial charge < -0.3 is 9.84 Å². The van der Waals surface area contributed by atoms with E-state index in [1.807, 2.05) is 0 Å². The smallest absolute Gasteiger partial charge is 0.132 e. The number of hydrogen-bond acceptors (Lipinski definition) is 3. The lowest BCUT2D eigenvalue weighted by molar-refractivity contribution is 0.281. The van der Waals surface area contributed by atoms with Gasteiger partial charge in [0.2, 0.25) is 0 Å². The highest BCUT2D eigenvalue weighted by Crippen LogP contribution is 2.22. The maximum Gasteiger partial charge on any atom is 0.132 e. The summed E-state index contributed by atoms with van der Waals surface area (Å²) in [5.41, 5.74) is 0.847. The molecule has 0 saturated carbocycles. The average molecular weight is 236 g/mol. The van der Waals surface area contributed by atoms with Gasteiger partial charge in [0.05, 0.1) is 6.61 Å². The molecule has 0 unspecified atom stereocenters. The molecule has 16 heavy (non-hydrogen) atoms. The minimum absolute atomic E-state index is 0.0291. The standard InChI is InChI=1S/C12H10ClNO2/c13-12-7-11(5-6-14-12)16-10-3-1-9(8-15)2-4-10/h1-7,15H,8H2. The van der Waals surface area contributed by atoms with Crippen molar-refractivity contribution in [1.82, 2.24) is 4.98 Å². The summed E-state index contributed by atoms with van der Waals surface area (Å²) in [6.45, 7) is 0.0291. The van der Waals surface area contributed by atoms with Crippen molar-refractivity contribution in [2.45, 2.75) is 6.61 Å². The quantitative estimate of drug-likeness (QED) is 0.832. The van der Waals surface area contributed by atoms with E-state index in [0.717, 1.165) is 5.56 Å². The maximum atomic E-state index is 8.89. The van der Waals surface area contributed by atoms with Crippen LogP contribution in [0.1, 0.15) is 5.56 Å². The highest BCUT2D eigenvalue weighted by atomic mass is 35.5. The summed E-state index contributed by atoms with van der Waals surface area (Å²) < 4.78 is 5.55. The topological polar surface area (TPSA) is 42.4 Å². The Morgan fingerprint density at radius 1 is 1.12 bits per heavy atom. The van der Waals surface area contributed by atoms with Crippen molar-refractivity contribution in [3.05, 3.63) is 53.3 Å². The summed E-state index contributed by atoms with van der Waals surface area (Å²) in [7, 11) is 0. The van der Waals surface area contributed by atoms with Crippen LogP contribution in [0.4, 0.5) is 0 Å². The van der Waals surface area contributed by atoms with Gasteiger partial charge in [-0.15, -0.1) is 0 Å². The second kappa shape index (κ2) is 4.96. The number of rotatable bonds is 3. The van der Waals surface area contributed by atoms with Gasteiger partial charge in [0, 0.05) is 12.3 Å². The highest BCUT2D eigenvalue weighted by Gasteiger charge is 1.98. The molecule has 4 heteroatoms. The number of ether oxygens (including phenoxy) is 1. The van der Waals surface area contributed by atoms with E-state index in [0.29, 0.717) is 16.7 Å². The number of hydrogen-bond donors (Lipinski definition) is 1. The van der Waals surface area contributed by atoms with Crippen LogP contribution in [0.2, 0.25) is 5.15 Å². The first-order chi connectivity index (χ1) is 7.78.